The summed E-state index contributed by atoms with van der Waals surface area (Å²) >= 11 is 1.66. The second-order valence-corrected chi connectivity index (χ2v) is 5.12. The van der Waals surface area contributed by atoms with Gasteiger partial charge in [-0.1, -0.05) is 0 Å². The van der Waals surface area contributed by atoms with E-state index in [1.54, 1.807) is 25.6 Å². The monoisotopic (exact) mass is 278 g/mol. The van der Waals surface area contributed by atoms with Gasteiger partial charge in [-0.3, -0.25) is 0 Å². The molecule has 2 rings (SSSR count). The van der Waals surface area contributed by atoms with Gasteiger partial charge in [0, 0.05) is 16.6 Å². The molecule has 0 amide bonds. The van der Waals surface area contributed by atoms with Gasteiger partial charge >= 0.3 is 0 Å². The number of anilines is 1. The molecule has 0 aliphatic rings. The first-order chi connectivity index (χ1) is 9.15. The van der Waals surface area contributed by atoms with Crippen LogP contribution >= 0.6 is 11.3 Å². The summed E-state index contributed by atoms with van der Waals surface area (Å²) < 4.78 is 10.5. The van der Waals surface area contributed by atoms with Gasteiger partial charge in [-0.15, -0.1) is 11.3 Å². The number of hydrogen-bond donors (Lipinski definition) is 1. The molecule has 0 radical (unpaired) electrons. The molecular formula is C14H18N2O2S. The van der Waals surface area contributed by atoms with Crippen molar-refractivity contribution in [2.45, 2.75) is 19.9 Å². The fourth-order valence-corrected chi connectivity index (χ4v) is 2.78. The molecule has 1 aromatic carbocycles. The predicted octanol–water partition coefficient (Wildman–Crippen LogP) is 3.64. The summed E-state index contributed by atoms with van der Waals surface area (Å²) in [6.07, 6.45) is 0. The molecule has 0 saturated heterocycles. The number of rotatable bonds is 5. The zero-order valence-electron chi connectivity index (χ0n) is 11.6. The van der Waals surface area contributed by atoms with Crippen molar-refractivity contribution in [1.29, 1.82) is 0 Å². The lowest BCUT2D eigenvalue weighted by atomic mass is 10.2. The number of ether oxygens (including phenoxy) is 2. The number of aryl methyl sites for hydroxylation is 1. The van der Waals surface area contributed by atoms with Crippen molar-refractivity contribution in [2.75, 3.05) is 19.5 Å². The highest BCUT2D eigenvalue weighted by Gasteiger charge is 2.12. The Labute approximate surface area is 117 Å². The van der Waals surface area contributed by atoms with E-state index in [0.717, 1.165) is 22.9 Å². The molecule has 0 aliphatic carbocycles. The normalized spacial score (nSPS) is 12.0. The summed E-state index contributed by atoms with van der Waals surface area (Å²) in [6, 6.07) is 6.03. The van der Waals surface area contributed by atoms with Crippen LogP contribution in [0.5, 0.6) is 11.5 Å². The molecule has 0 spiro atoms. The molecule has 0 fully saturated rings. The Kier molecular flexibility index (Phi) is 4.27. The van der Waals surface area contributed by atoms with Crippen LogP contribution in [0.4, 0.5) is 5.69 Å². The van der Waals surface area contributed by atoms with Gasteiger partial charge in [-0.05, 0) is 26.0 Å². The smallest absolute Gasteiger partial charge is 0.162 e. The third-order valence-corrected chi connectivity index (χ3v) is 4.06. The molecule has 1 atom stereocenters. The molecule has 102 valence electrons. The van der Waals surface area contributed by atoms with Crippen LogP contribution in [0.2, 0.25) is 0 Å². The van der Waals surface area contributed by atoms with Crippen molar-refractivity contribution < 1.29 is 9.47 Å². The summed E-state index contributed by atoms with van der Waals surface area (Å²) in [5.41, 5.74) is 3.95. The van der Waals surface area contributed by atoms with Gasteiger partial charge in [-0.25, -0.2) is 4.98 Å². The van der Waals surface area contributed by atoms with Gasteiger partial charge in [0.25, 0.3) is 0 Å². The van der Waals surface area contributed by atoms with Crippen LogP contribution in [0.3, 0.4) is 0 Å². The number of methoxy groups -OCH3 is 2. The minimum atomic E-state index is 0.214. The number of nitrogens with one attached hydrogen (secondary N) is 1. The first-order valence-corrected chi connectivity index (χ1v) is 6.92. The molecular weight excluding hydrogens is 260 g/mol. The predicted molar refractivity (Wildman–Crippen MR) is 78.4 cm³/mol. The van der Waals surface area contributed by atoms with E-state index >= 15 is 0 Å². The van der Waals surface area contributed by atoms with Gasteiger partial charge in [0.05, 0.1) is 31.5 Å². The fraction of sp³-hybridized carbons (Fsp3) is 0.357. The number of benzene rings is 1. The summed E-state index contributed by atoms with van der Waals surface area (Å²) in [6.45, 7) is 4.15. The van der Waals surface area contributed by atoms with E-state index < -0.39 is 0 Å². The minimum absolute atomic E-state index is 0.214. The maximum absolute atomic E-state index is 5.30. The Morgan fingerprint density at radius 3 is 2.53 bits per heavy atom. The van der Waals surface area contributed by atoms with Gasteiger partial charge in [-0.2, -0.15) is 0 Å². The van der Waals surface area contributed by atoms with Crippen molar-refractivity contribution in [2.24, 2.45) is 0 Å². The molecule has 1 aromatic heterocycles. The quantitative estimate of drug-likeness (QED) is 0.906. The number of nitrogens with zero attached hydrogens (tertiary/aromatic N) is 1. The summed E-state index contributed by atoms with van der Waals surface area (Å²) in [4.78, 5) is 5.52. The Hall–Kier alpha value is -1.75. The average Bonchev–Trinajstić information content (AvgIpc) is 2.85. The Morgan fingerprint density at radius 1 is 1.21 bits per heavy atom. The highest BCUT2D eigenvalue weighted by atomic mass is 32.1. The van der Waals surface area contributed by atoms with E-state index in [4.69, 9.17) is 9.47 Å². The molecule has 5 heteroatoms. The molecule has 0 bridgehead atoms. The van der Waals surface area contributed by atoms with Crippen molar-refractivity contribution in [1.82, 2.24) is 4.98 Å². The lowest BCUT2D eigenvalue weighted by molar-refractivity contribution is 0.355. The Morgan fingerprint density at radius 2 is 1.95 bits per heavy atom. The number of aromatic nitrogens is 1. The Bertz CT molecular complexity index is 554. The van der Waals surface area contributed by atoms with Crippen molar-refractivity contribution >= 4 is 17.0 Å². The van der Waals surface area contributed by atoms with Gasteiger partial charge in [0.1, 0.15) is 0 Å². The standard InChI is InChI=1S/C14H18N2O2S/c1-9-14(19-8-15-9)10(2)16-11-5-6-12(17-3)13(7-11)18-4/h5-8,10,16H,1-4H3. The maximum atomic E-state index is 5.30. The fourth-order valence-electron chi connectivity index (χ4n) is 1.97. The van der Waals surface area contributed by atoms with Crippen molar-refractivity contribution in [3.05, 3.63) is 34.3 Å². The van der Waals surface area contributed by atoms with Crippen LogP contribution in [-0.2, 0) is 0 Å². The molecule has 1 N–H and O–H groups in total. The van der Waals surface area contributed by atoms with E-state index in [2.05, 4.69) is 17.2 Å². The third-order valence-electron chi connectivity index (χ3n) is 2.94. The second-order valence-electron chi connectivity index (χ2n) is 4.24. The molecule has 1 unspecified atom stereocenters. The topological polar surface area (TPSA) is 43.4 Å². The highest BCUT2D eigenvalue weighted by Crippen LogP contribution is 2.32. The first kappa shape index (κ1) is 13.7. The van der Waals surface area contributed by atoms with Gasteiger partial charge < -0.3 is 14.8 Å². The molecule has 19 heavy (non-hydrogen) atoms. The molecule has 2 aromatic rings. The van der Waals surface area contributed by atoms with E-state index in [1.807, 2.05) is 30.6 Å². The number of hydrogen-bond acceptors (Lipinski definition) is 5. The molecule has 0 aliphatic heterocycles. The van der Waals surface area contributed by atoms with Crippen LogP contribution in [0.1, 0.15) is 23.5 Å². The van der Waals surface area contributed by atoms with Crippen LogP contribution in [0.25, 0.3) is 0 Å². The van der Waals surface area contributed by atoms with Crippen LogP contribution in [0.15, 0.2) is 23.7 Å². The van der Waals surface area contributed by atoms with Gasteiger partial charge in [0.15, 0.2) is 11.5 Å². The van der Waals surface area contributed by atoms with Crippen LogP contribution in [-0.4, -0.2) is 19.2 Å². The molecule has 0 saturated carbocycles. The van der Waals surface area contributed by atoms with Crippen molar-refractivity contribution in [3.63, 3.8) is 0 Å². The summed E-state index contributed by atoms with van der Waals surface area (Å²) in [5.74, 6) is 1.45. The lowest BCUT2D eigenvalue weighted by Crippen LogP contribution is -2.06. The lowest BCUT2D eigenvalue weighted by Gasteiger charge is -2.16. The van der Waals surface area contributed by atoms with Gasteiger partial charge in [0.2, 0.25) is 0 Å². The summed E-state index contributed by atoms with van der Waals surface area (Å²) in [5, 5.41) is 3.45. The van der Waals surface area contributed by atoms with E-state index in [1.165, 1.54) is 4.88 Å². The third kappa shape index (κ3) is 2.98. The zero-order chi connectivity index (χ0) is 13.8. The minimum Gasteiger partial charge on any atom is -0.493 e. The SMILES string of the molecule is COc1ccc(NC(C)c2scnc2C)cc1OC. The average molecular weight is 278 g/mol. The zero-order valence-corrected chi connectivity index (χ0v) is 12.4. The maximum Gasteiger partial charge on any atom is 0.162 e. The Balaban J connectivity index is 2.17. The summed E-state index contributed by atoms with van der Waals surface area (Å²) in [7, 11) is 3.27. The highest BCUT2D eigenvalue weighted by molar-refractivity contribution is 7.09. The molecule has 4 nitrogen and oxygen atoms in total. The second kappa shape index (κ2) is 5.93. The van der Waals surface area contributed by atoms with E-state index in [9.17, 15) is 0 Å². The largest absolute Gasteiger partial charge is 0.493 e. The van der Waals surface area contributed by atoms with Crippen LogP contribution in [0, 0.1) is 6.92 Å². The van der Waals surface area contributed by atoms with Crippen molar-refractivity contribution in [3.8, 4) is 11.5 Å². The molecule has 1 heterocycles. The van der Waals surface area contributed by atoms with Crippen LogP contribution < -0.4 is 14.8 Å². The van der Waals surface area contributed by atoms with E-state index in [-0.39, 0.29) is 6.04 Å². The number of thiazole rings is 1. The first-order valence-electron chi connectivity index (χ1n) is 6.04. The van der Waals surface area contributed by atoms with E-state index in [0.29, 0.717) is 0 Å².